The van der Waals surface area contributed by atoms with Gasteiger partial charge in [-0.15, -0.1) is 5.10 Å². The SMILES string of the molecule is O=C(NCc1ccccc1)OCC1CCC(Nc2cc(-c3n[nH]c(=O)o3)ccc2C(F)(F)F)CC1. The van der Waals surface area contributed by atoms with Gasteiger partial charge in [-0.1, -0.05) is 30.3 Å². The van der Waals surface area contributed by atoms with E-state index in [-0.39, 0.29) is 35.7 Å². The highest BCUT2D eigenvalue weighted by atomic mass is 19.4. The predicted molar refractivity (Wildman–Crippen MR) is 122 cm³/mol. The van der Waals surface area contributed by atoms with Gasteiger partial charge in [0.2, 0.25) is 5.89 Å². The number of aromatic amines is 1. The summed E-state index contributed by atoms with van der Waals surface area (Å²) in [6, 6.07) is 12.7. The van der Waals surface area contributed by atoms with E-state index in [0.29, 0.717) is 32.2 Å². The van der Waals surface area contributed by atoms with Crippen LogP contribution in [0, 0.1) is 5.92 Å². The molecule has 11 heteroatoms. The van der Waals surface area contributed by atoms with Crippen molar-refractivity contribution in [1.29, 1.82) is 0 Å². The Morgan fingerprint density at radius 2 is 1.86 bits per heavy atom. The average Bonchev–Trinajstić information content (AvgIpc) is 3.28. The van der Waals surface area contributed by atoms with Gasteiger partial charge in [0.15, 0.2) is 0 Å². The first kappa shape index (κ1) is 24.4. The first-order chi connectivity index (χ1) is 16.8. The molecule has 1 aliphatic carbocycles. The van der Waals surface area contributed by atoms with Crippen molar-refractivity contribution in [3.05, 3.63) is 70.2 Å². The molecule has 0 bridgehead atoms. The highest BCUT2D eigenvalue weighted by Crippen LogP contribution is 2.38. The summed E-state index contributed by atoms with van der Waals surface area (Å²) in [6.45, 7) is 0.632. The van der Waals surface area contributed by atoms with Crippen LogP contribution in [0.3, 0.4) is 0 Å². The minimum Gasteiger partial charge on any atom is -0.449 e. The maximum absolute atomic E-state index is 13.6. The number of carbonyl (C=O) groups excluding carboxylic acids is 1. The molecule has 186 valence electrons. The number of anilines is 1. The lowest BCUT2D eigenvalue weighted by Crippen LogP contribution is -2.31. The van der Waals surface area contributed by atoms with E-state index in [1.165, 1.54) is 12.1 Å². The number of alkyl carbamates (subject to hydrolysis) is 1. The number of H-pyrrole nitrogens is 1. The number of alkyl halides is 3. The van der Waals surface area contributed by atoms with Crippen molar-refractivity contribution in [3.8, 4) is 11.5 Å². The number of hydrogen-bond donors (Lipinski definition) is 3. The molecule has 0 aliphatic heterocycles. The van der Waals surface area contributed by atoms with Crippen molar-refractivity contribution in [1.82, 2.24) is 15.5 Å². The van der Waals surface area contributed by atoms with Gasteiger partial charge in [0, 0.05) is 23.8 Å². The number of nitrogens with zero attached hydrogens (tertiary/aromatic N) is 1. The third kappa shape index (κ3) is 6.65. The van der Waals surface area contributed by atoms with Crippen LogP contribution in [0.15, 0.2) is 57.7 Å². The predicted octanol–water partition coefficient (Wildman–Crippen LogP) is 4.95. The zero-order chi connectivity index (χ0) is 24.8. The van der Waals surface area contributed by atoms with Crippen LogP contribution >= 0.6 is 0 Å². The lowest BCUT2D eigenvalue weighted by atomic mass is 9.86. The van der Waals surface area contributed by atoms with Gasteiger partial charge in [0.1, 0.15) is 0 Å². The maximum atomic E-state index is 13.6. The second kappa shape index (κ2) is 10.7. The van der Waals surface area contributed by atoms with Crippen molar-refractivity contribution >= 4 is 11.8 Å². The smallest absolute Gasteiger partial charge is 0.434 e. The Labute approximate surface area is 198 Å². The minimum atomic E-state index is -4.55. The molecule has 2 aromatic carbocycles. The molecule has 3 aromatic rings. The fourth-order valence-corrected chi connectivity index (χ4v) is 4.11. The summed E-state index contributed by atoms with van der Waals surface area (Å²) in [5, 5.41) is 11.5. The molecule has 8 nitrogen and oxygen atoms in total. The van der Waals surface area contributed by atoms with Crippen molar-refractivity contribution in [2.75, 3.05) is 11.9 Å². The van der Waals surface area contributed by atoms with E-state index in [0.717, 1.165) is 11.6 Å². The number of benzene rings is 2. The van der Waals surface area contributed by atoms with E-state index in [1.807, 2.05) is 30.3 Å². The summed E-state index contributed by atoms with van der Waals surface area (Å²) in [4.78, 5) is 23.2. The Hall–Kier alpha value is -3.76. The van der Waals surface area contributed by atoms with E-state index in [9.17, 15) is 22.8 Å². The maximum Gasteiger partial charge on any atom is 0.434 e. The first-order valence-electron chi connectivity index (χ1n) is 11.3. The molecular formula is C24H25F3N4O4. The molecule has 1 heterocycles. The van der Waals surface area contributed by atoms with Gasteiger partial charge in [-0.3, -0.25) is 0 Å². The molecule has 0 spiro atoms. The molecule has 1 aliphatic rings. The number of amides is 1. The van der Waals surface area contributed by atoms with Gasteiger partial charge < -0.3 is 19.8 Å². The highest BCUT2D eigenvalue weighted by molar-refractivity contribution is 5.67. The molecule has 1 amide bonds. The zero-order valence-electron chi connectivity index (χ0n) is 18.7. The Kier molecular flexibility index (Phi) is 7.42. The topological polar surface area (TPSA) is 109 Å². The highest BCUT2D eigenvalue weighted by Gasteiger charge is 2.35. The van der Waals surface area contributed by atoms with E-state index >= 15 is 0 Å². The van der Waals surface area contributed by atoms with Crippen molar-refractivity contribution in [2.45, 2.75) is 44.4 Å². The van der Waals surface area contributed by atoms with Gasteiger partial charge in [-0.25, -0.2) is 14.7 Å². The van der Waals surface area contributed by atoms with E-state index in [1.54, 1.807) is 0 Å². The number of nitrogens with one attached hydrogen (secondary N) is 3. The molecule has 0 unspecified atom stereocenters. The number of carbonyl (C=O) groups is 1. The normalized spacial score (nSPS) is 18.1. The summed E-state index contributed by atoms with van der Waals surface area (Å²) in [7, 11) is 0. The number of rotatable bonds is 7. The van der Waals surface area contributed by atoms with E-state index < -0.39 is 23.6 Å². The van der Waals surface area contributed by atoms with Crippen LogP contribution in [-0.2, 0) is 17.5 Å². The van der Waals surface area contributed by atoms with Gasteiger partial charge in [-0.2, -0.15) is 13.2 Å². The van der Waals surface area contributed by atoms with Crippen LogP contribution in [-0.4, -0.2) is 28.9 Å². The summed E-state index contributed by atoms with van der Waals surface area (Å²) in [5.41, 5.74) is 0.315. The molecular weight excluding hydrogens is 465 g/mol. The molecule has 1 saturated carbocycles. The Morgan fingerprint density at radius 1 is 1.11 bits per heavy atom. The molecule has 0 radical (unpaired) electrons. The lowest BCUT2D eigenvalue weighted by molar-refractivity contribution is -0.137. The molecule has 4 rings (SSSR count). The molecule has 3 N–H and O–H groups in total. The van der Waals surface area contributed by atoms with Crippen molar-refractivity contribution in [2.24, 2.45) is 5.92 Å². The van der Waals surface area contributed by atoms with Crippen molar-refractivity contribution < 1.29 is 27.1 Å². The second-order valence-electron chi connectivity index (χ2n) is 8.48. The third-order valence-corrected chi connectivity index (χ3v) is 5.95. The number of hydrogen-bond acceptors (Lipinski definition) is 6. The summed E-state index contributed by atoms with van der Waals surface area (Å²) >= 11 is 0. The Balaban J connectivity index is 1.30. The van der Waals surface area contributed by atoms with Crippen LogP contribution in [0.1, 0.15) is 36.8 Å². The largest absolute Gasteiger partial charge is 0.449 e. The molecule has 1 aromatic heterocycles. The van der Waals surface area contributed by atoms with Crippen LogP contribution in [0.5, 0.6) is 0 Å². The lowest BCUT2D eigenvalue weighted by Gasteiger charge is -2.30. The van der Waals surface area contributed by atoms with Gasteiger partial charge in [-0.05, 0) is 55.4 Å². The quantitative estimate of drug-likeness (QED) is 0.433. The standard InChI is InChI=1S/C24H25F3N4O4/c25-24(26,27)19-11-8-17(21-30-31-23(33)35-21)12-20(19)29-18-9-6-16(7-10-18)14-34-22(32)28-13-15-4-2-1-3-5-15/h1-5,8,11-12,16,18,29H,6-7,9-10,13-14H2,(H,28,32)(H,31,33). The molecule has 35 heavy (non-hydrogen) atoms. The van der Waals surface area contributed by atoms with Crippen molar-refractivity contribution in [3.63, 3.8) is 0 Å². The van der Waals surface area contributed by atoms with Crippen LogP contribution < -0.4 is 16.4 Å². The Morgan fingerprint density at radius 3 is 2.51 bits per heavy atom. The summed E-state index contributed by atoms with van der Waals surface area (Å²) < 4.78 is 50.9. The fourth-order valence-electron chi connectivity index (χ4n) is 4.11. The van der Waals surface area contributed by atoms with E-state index in [2.05, 4.69) is 20.8 Å². The minimum absolute atomic E-state index is 0.0850. The first-order valence-corrected chi connectivity index (χ1v) is 11.3. The van der Waals surface area contributed by atoms with Crippen LogP contribution in [0.2, 0.25) is 0 Å². The zero-order valence-corrected chi connectivity index (χ0v) is 18.7. The molecule has 0 saturated heterocycles. The Bertz CT molecular complexity index is 1190. The average molecular weight is 490 g/mol. The van der Waals surface area contributed by atoms with E-state index in [4.69, 9.17) is 9.15 Å². The van der Waals surface area contributed by atoms with Gasteiger partial charge in [0.25, 0.3) is 0 Å². The van der Waals surface area contributed by atoms with Gasteiger partial charge >= 0.3 is 18.0 Å². The van der Waals surface area contributed by atoms with Gasteiger partial charge in [0.05, 0.1) is 12.2 Å². The second-order valence-corrected chi connectivity index (χ2v) is 8.48. The summed E-state index contributed by atoms with van der Waals surface area (Å²) in [6.07, 6.45) is -2.38. The number of aromatic nitrogens is 2. The summed E-state index contributed by atoms with van der Waals surface area (Å²) in [5.74, 6) is -0.732. The monoisotopic (exact) mass is 490 g/mol. The third-order valence-electron chi connectivity index (χ3n) is 5.95. The van der Waals surface area contributed by atoms with Crippen LogP contribution in [0.25, 0.3) is 11.5 Å². The fraction of sp³-hybridized carbons (Fsp3) is 0.375. The number of halogens is 3. The number of ether oxygens (including phenoxy) is 1. The van der Waals surface area contributed by atoms with Crippen LogP contribution in [0.4, 0.5) is 23.7 Å². The molecule has 1 fully saturated rings. The molecule has 0 atom stereocenters.